The Labute approximate surface area is 173 Å². The maximum absolute atomic E-state index is 10.1. The number of benzene rings is 3. The van der Waals surface area contributed by atoms with E-state index in [4.69, 9.17) is 9.47 Å². The van der Waals surface area contributed by atoms with Crippen molar-refractivity contribution in [3.05, 3.63) is 95.8 Å². The molecule has 0 unspecified atom stereocenters. The number of rotatable bonds is 3. The zero-order chi connectivity index (χ0) is 20.5. The molecule has 5 nitrogen and oxygen atoms in total. The number of aromatic amines is 1. The molecule has 0 fully saturated rings. The molecule has 3 aromatic carbocycles. The fourth-order valence-corrected chi connectivity index (χ4v) is 3.55. The van der Waals surface area contributed by atoms with Crippen LogP contribution in [-0.4, -0.2) is 17.1 Å². The van der Waals surface area contributed by atoms with Crippen LogP contribution in [0, 0.1) is 11.3 Å². The number of hydrogen-bond acceptors (Lipinski definition) is 4. The largest absolute Gasteiger partial charge is 0.497 e. The average molecular weight is 391 g/mol. The fraction of sp³-hybridized carbons (Fsp3) is 0.0400. The summed E-state index contributed by atoms with van der Waals surface area (Å²) in [5, 5.41) is 10.1. The lowest BCUT2D eigenvalue weighted by atomic mass is 9.95. The molecule has 0 aliphatic carbocycles. The van der Waals surface area contributed by atoms with Gasteiger partial charge in [-0.2, -0.15) is 5.26 Å². The van der Waals surface area contributed by atoms with E-state index in [1.807, 2.05) is 78.9 Å². The molecule has 30 heavy (non-hydrogen) atoms. The summed E-state index contributed by atoms with van der Waals surface area (Å²) in [6, 6.07) is 25.4. The number of imidazole rings is 1. The Morgan fingerprint density at radius 1 is 1.00 bits per heavy atom. The minimum absolute atomic E-state index is 0.466. The molecule has 1 aliphatic rings. The molecular weight excluding hydrogens is 374 g/mol. The van der Waals surface area contributed by atoms with Gasteiger partial charge in [0.15, 0.2) is 0 Å². The summed E-state index contributed by atoms with van der Waals surface area (Å²) in [6.07, 6.45) is 1.90. The lowest BCUT2D eigenvalue weighted by Gasteiger charge is -2.21. The normalized spacial score (nSPS) is 14.3. The molecule has 0 saturated heterocycles. The summed E-state index contributed by atoms with van der Waals surface area (Å²) in [5.41, 5.74) is 4.69. The van der Waals surface area contributed by atoms with Gasteiger partial charge in [-0.3, -0.25) is 0 Å². The maximum Gasteiger partial charge on any atom is 0.149 e. The van der Waals surface area contributed by atoms with Gasteiger partial charge in [-0.05, 0) is 48.5 Å². The average Bonchev–Trinajstić information content (AvgIpc) is 3.23. The van der Waals surface area contributed by atoms with Crippen molar-refractivity contribution >= 4 is 27.9 Å². The number of nitriles is 1. The molecule has 0 radical (unpaired) electrons. The lowest BCUT2D eigenvalue weighted by molar-refractivity contribution is 0.414. The molecular formula is C25H17N3O2. The van der Waals surface area contributed by atoms with Crippen molar-refractivity contribution < 1.29 is 9.47 Å². The van der Waals surface area contributed by atoms with E-state index in [9.17, 15) is 5.26 Å². The van der Waals surface area contributed by atoms with Gasteiger partial charge in [-0.1, -0.05) is 30.3 Å². The summed E-state index contributed by atoms with van der Waals surface area (Å²) in [5.74, 6) is 2.67. The molecule has 0 bridgehead atoms. The minimum Gasteiger partial charge on any atom is -0.497 e. The second-order valence-electron chi connectivity index (χ2n) is 6.84. The summed E-state index contributed by atoms with van der Waals surface area (Å²) >= 11 is 0. The highest BCUT2D eigenvalue weighted by atomic mass is 16.5. The van der Waals surface area contributed by atoms with Crippen molar-refractivity contribution in [3.8, 4) is 17.6 Å². The number of para-hydroxylation sites is 3. The first-order valence-electron chi connectivity index (χ1n) is 9.49. The number of aromatic nitrogens is 2. The number of fused-ring (bicyclic) bond motifs is 2. The van der Waals surface area contributed by atoms with Crippen LogP contribution in [0.3, 0.4) is 0 Å². The van der Waals surface area contributed by atoms with Crippen LogP contribution >= 0.6 is 0 Å². The van der Waals surface area contributed by atoms with Gasteiger partial charge in [0.2, 0.25) is 0 Å². The van der Waals surface area contributed by atoms with Crippen LogP contribution in [0.4, 0.5) is 0 Å². The molecule has 1 aliphatic heterocycles. The van der Waals surface area contributed by atoms with E-state index in [0.717, 1.165) is 33.5 Å². The van der Waals surface area contributed by atoms with Gasteiger partial charge in [0.1, 0.15) is 34.7 Å². The standard InChI is InChI=1S/C25H17N3O2/c1-29-17-12-10-16(11-13-17)24-14-19(18-6-2-5-9-23(18)30-24)20(15-26)25-27-21-7-3-4-8-22(21)28-25/h2-14H,1H3,(H,27,28). The SMILES string of the molecule is COc1ccc(C2=CC(=C(C#N)c3nc4ccccc4[nH]3)c3ccccc3O2)cc1. The van der Waals surface area contributed by atoms with Crippen LogP contribution in [0.5, 0.6) is 11.5 Å². The molecule has 5 heteroatoms. The number of nitrogens with zero attached hydrogens (tertiary/aromatic N) is 2. The van der Waals surface area contributed by atoms with Crippen molar-refractivity contribution in [3.63, 3.8) is 0 Å². The molecule has 4 aromatic rings. The zero-order valence-corrected chi connectivity index (χ0v) is 16.2. The molecule has 0 saturated carbocycles. The molecule has 0 spiro atoms. The maximum atomic E-state index is 10.1. The first kappa shape index (κ1) is 17.8. The monoisotopic (exact) mass is 391 g/mol. The summed E-state index contributed by atoms with van der Waals surface area (Å²) in [7, 11) is 1.63. The quantitative estimate of drug-likeness (QED) is 0.472. The number of nitrogens with one attached hydrogen (secondary N) is 1. The van der Waals surface area contributed by atoms with Gasteiger partial charge in [0, 0.05) is 16.7 Å². The summed E-state index contributed by atoms with van der Waals surface area (Å²) < 4.78 is 11.4. The molecule has 0 atom stereocenters. The van der Waals surface area contributed by atoms with Crippen molar-refractivity contribution in [2.75, 3.05) is 7.11 Å². The van der Waals surface area contributed by atoms with Crippen LogP contribution in [0.2, 0.25) is 0 Å². The first-order valence-corrected chi connectivity index (χ1v) is 9.49. The third-order valence-electron chi connectivity index (χ3n) is 5.05. The smallest absolute Gasteiger partial charge is 0.149 e. The number of H-pyrrole nitrogens is 1. The van der Waals surface area contributed by atoms with Gasteiger partial charge < -0.3 is 14.5 Å². The van der Waals surface area contributed by atoms with Gasteiger partial charge in [0.25, 0.3) is 0 Å². The number of hydrogen-bond donors (Lipinski definition) is 1. The van der Waals surface area contributed by atoms with Crippen LogP contribution in [0.25, 0.3) is 27.9 Å². The van der Waals surface area contributed by atoms with Gasteiger partial charge >= 0.3 is 0 Å². The Balaban J connectivity index is 1.71. The first-order chi connectivity index (χ1) is 14.8. The molecule has 0 amide bonds. The topological polar surface area (TPSA) is 70.9 Å². The molecule has 1 N–H and O–H groups in total. The number of ether oxygens (including phenoxy) is 2. The second kappa shape index (κ2) is 7.26. The number of methoxy groups -OCH3 is 1. The van der Waals surface area contributed by atoms with E-state index in [1.54, 1.807) is 7.11 Å². The third kappa shape index (κ3) is 3.01. The van der Waals surface area contributed by atoms with Crippen LogP contribution < -0.4 is 9.47 Å². The Hall–Kier alpha value is -4.30. The molecule has 5 rings (SSSR count). The van der Waals surface area contributed by atoms with E-state index in [1.165, 1.54) is 0 Å². The fourth-order valence-electron chi connectivity index (χ4n) is 3.55. The third-order valence-corrected chi connectivity index (χ3v) is 5.05. The second-order valence-corrected chi connectivity index (χ2v) is 6.84. The Morgan fingerprint density at radius 2 is 1.77 bits per heavy atom. The van der Waals surface area contributed by atoms with Crippen LogP contribution in [-0.2, 0) is 0 Å². The van der Waals surface area contributed by atoms with Gasteiger partial charge in [-0.15, -0.1) is 0 Å². The van der Waals surface area contributed by atoms with E-state index in [2.05, 4.69) is 16.0 Å². The highest BCUT2D eigenvalue weighted by Crippen LogP contribution is 2.40. The molecule has 144 valence electrons. The van der Waals surface area contributed by atoms with E-state index >= 15 is 0 Å². The highest BCUT2D eigenvalue weighted by Gasteiger charge is 2.23. The van der Waals surface area contributed by atoms with Crippen molar-refractivity contribution in [1.82, 2.24) is 9.97 Å². The summed E-state index contributed by atoms with van der Waals surface area (Å²) in [4.78, 5) is 7.90. The zero-order valence-electron chi connectivity index (χ0n) is 16.2. The summed E-state index contributed by atoms with van der Waals surface area (Å²) in [6.45, 7) is 0. The van der Waals surface area contributed by atoms with Gasteiger partial charge in [-0.25, -0.2) is 4.98 Å². The highest BCUT2D eigenvalue weighted by molar-refractivity contribution is 6.05. The van der Waals surface area contributed by atoms with E-state index < -0.39 is 0 Å². The Morgan fingerprint density at radius 3 is 2.53 bits per heavy atom. The van der Waals surface area contributed by atoms with E-state index in [0.29, 0.717) is 22.9 Å². The minimum atomic E-state index is 0.466. The predicted molar refractivity (Wildman–Crippen MR) is 117 cm³/mol. The van der Waals surface area contributed by atoms with Crippen LogP contribution in [0.1, 0.15) is 17.0 Å². The molecule has 2 heterocycles. The Kier molecular flexibility index (Phi) is 4.30. The lowest BCUT2D eigenvalue weighted by Crippen LogP contribution is -2.05. The van der Waals surface area contributed by atoms with Gasteiger partial charge in [0.05, 0.1) is 18.1 Å². The van der Waals surface area contributed by atoms with Crippen molar-refractivity contribution in [2.45, 2.75) is 0 Å². The predicted octanol–water partition coefficient (Wildman–Crippen LogP) is 5.44. The Bertz CT molecular complexity index is 1320. The van der Waals surface area contributed by atoms with Crippen molar-refractivity contribution in [2.24, 2.45) is 0 Å². The van der Waals surface area contributed by atoms with Crippen LogP contribution in [0.15, 0.2) is 78.9 Å². The van der Waals surface area contributed by atoms with E-state index in [-0.39, 0.29) is 0 Å². The number of allylic oxidation sites excluding steroid dienone is 3. The molecule has 1 aromatic heterocycles. The van der Waals surface area contributed by atoms with Crippen molar-refractivity contribution in [1.29, 1.82) is 5.26 Å².